The molecule has 0 spiro atoms. The molecule has 1 saturated carbocycles. The van der Waals surface area contributed by atoms with Gasteiger partial charge in [0.25, 0.3) is 5.91 Å². The summed E-state index contributed by atoms with van der Waals surface area (Å²) in [6.07, 6.45) is 6.42. The highest BCUT2D eigenvalue weighted by Crippen LogP contribution is 2.34. The molecular weight excluding hydrogens is 262 g/mol. The summed E-state index contributed by atoms with van der Waals surface area (Å²) in [7, 11) is 0. The van der Waals surface area contributed by atoms with Gasteiger partial charge in [0.2, 0.25) is 0 Å². The topological polar surface area (TPSA) is 54.9 Å². The molecule has 0 aliphatic heterocycles. The van der Waals surface area contributed by atoms with Crippen molar-refractivity contribution < 1.29 is 4.79 Å². The lowest BCUT2D eigenvalue weighted by Crippen LogP contribution is -2.38. The number of rotatable bonds is 5. The third-order valence-corrected chi connectivity index (χ3v) is 3.82. The second-order valence-corrected chi connectivity index (χ2v) is 5.65. The monoisotopic (exact) mass is 281 g/mol. The van der Waals surface area contributed by atoms with E-state index >= 15 is 0 Å². The minimum atomic E-state index is -0.129. The normalized spacial score (nSPS) is 15.5. The van der Waals surface area contributed by atoms with Crippen LogP contribution in [0.25, 0.3) is 0 Å². The lowest BCUT2D eigenvalue weighted by atomic mass is 10.0. The van der Waals surface area contributed by atoms with Crippen LogP contribution in [0.1, 0.15) is 34.6 Å². The van der Waals surface area contributed by atoms with Crippen molar-refractivity contribution in [3.05, 3.63) is 59.7 Å². The fraction of sp³-hybridized carbons (Fsp3) is 0.353. The number of aryl methyl sites for hydroxylation is 1. The Balaban J connectivity index is 1.67. The van der Waals surface area contributed by atoms with Crippen LogP contribution < -0.4 is 5.32 Å². The van der Waals surface area contributed by atoms with E-state index in [0.717, 1.165) is 12.1 Å². The van der Waals surface area contributed by atoms with Gasteiger partial charge in [-0.2, -0.15) is 0 Å². The van der Waals surface area contributed by atoms with Gasteiger partial charge in [-0.25, -0.2) is 4.98 Å². The molecule has 2 aromatic rings. The predicted octanol–water partition coefficient (Wildman–Crippen LogP) is 2.54. The Labute approximate surface area is 124 Å². The Hall–Kier alpha value is -2.23. The second kappa shape index (κ2) is 6.04. The number of nitrogens with one attached hydrogen (secondary N) is 1. The van der Waals surface area contributed by atoms with E-state index in [1.165, 1.54) is 24.6 Å². The zero-order valence-electron chi connectivity index (χ0n) is 12.1. The molecule has 3 rings (SSSR count). The summed E-state index contributed by atoms with van der Waals surface area (Å²) in [4.78, 5) is 20.5. The van der Waals surface area contributed by atoms with Gasteiger partial charge in [-0.15, -0.1) is 0 Å². The minimum Gasteiger partial charge on any atom is -0.347 e. The Bertz CT molecular complexity index is 606. The van der Waals surface area contributed by atoms with E-state index in [-0.39, 0.29) is 11.9 Å². The van der Waals surface area contributed by atoms with Crippen molar-refractivity contribution in [2.45, 2.75) is 32.2 Å². The fourth-order valence-corrected chi connectivity index (χ4v) is 2.45. The number of carbonyl (C=O) groups is 1. The molecule has 1 unspecified atom stereocenters. The highest BCUT2D eigenvalue weighted by Gasteiger charge is 2.32. The molecule has 1 atom stereocenters. The van der Waals surface area contributed by atoms with Crippen LogP contribution in [0, 0.1) is 12.8 Å². The van der Waals surface area contributed by atoms with E-state index in [2.05, 4.69) is 27.4 Å². The third kappa shape index (κ3) is 3.66. The van der Waals surface area contributed by atoms with Crippen LogP contribution >= 0.6 is 0 Å². The zero-order chi connectivity index (χ0) is 14.7. The first-order valence-electron chi connectivity index (χ1n) is 7.36. The molecule has 4 nitrogen and oxygen atoms in total. The third-order valence-electron chi connectivity index (χ3n) is 3.82. The van der Waals surface area contributed by atoms with Crippen LogP contribution in [-0.2, 0) is 6.42 Å². The molecular formula is C17H19N3O. The fourth-order valence-electron chi connectivity index (χ4n) is 2.45. The van der Waals surface area contributed by atoms with E-state index < -0.39 is 0 Å². The second-order valence-electron chi connectivity index (χ2n) is 5.65. The molecule has 0 saturated heterocycles. The van der Waals surface area contributed by atoms with E-state index in [0.29, 0.717) is 11.6 Å². The maximum Gasteiger partial charge on any atom is 0.271 e. The molecule has 21 heavy (non-hydrogen) atoms. The number of carbonyl (C=O) groups excluding carboxylic acids is 1. The molecule has 0 bridgehead atoms. The first-order chi connectivity index (χ1) is 10.2. The molecule has 1 heterocycles. The highest BCUT2D eigenvalue weighted by molar-refractivity contribution is 5.92. The number of benzene rings is 1. The van der Waals surface area contributed by atoms with E-state index in [9.17, 15) is 4.79 Å². The molecule has 1 N–H and O–H groups in total. The first-order valence-corrected chi connectivity index (χ1v) is 7.36. The Morgan fingerprint density at radius 3 is 2.62 bits per heavy atom. The van der Waals surface area contributed by atoms with Crippen molar-refractivity contribution >= 4 is 5.91 Å². The highest BCUT2D eigenvalue weighted by atomic mass is 16.1. The first kappa shape index (κ1) is 13.7. The lowest BCUT2D eigenvalue weighted by Gasteiger charge is -2.18. The number of nitrogens with zero attached hydrogens (tertiary/aromatic N) is 2. The van der Waals surface area contributed by atoms with Crippen molar-refractivity contribution in [2.75, 3.05) is 0 Å². The maximum atomic E-state index is 12.3. The van der Waals surface area contributed by atoms with E-state index in [4.69, 9.17) is 0 Å². The maximum absolute atomic E-state index is 12.3. The molecule has 1 aromatic carbocycles. The van der Waals surface area contributed by atoms with Crippen LogP contribution in [0.4, 0.5) is 0 Å². The van der Waals surface area contributed by atoms with E-state index in [1.807, 2.05) is 25.1 Å². The Kier molecular flexibility index (Phi) is 3.95. The number of hydrogen-bond donors (Lipinski definition) is 1. The molecule has 4 heteroatoms. The van der Waals surface area contributed by atoms with Crippen molar-refractivity contribution in [1.82, 2.24) is 15.3 Å². The summed E-state index contributed by atoms with van der Waals surface area (Å²) in [6, 6.07) is 10.5. The van der Waals surface area contributed by atoms with Gasteiger partial charge in [0.15, 0.2) is 0 Å². The average molecular weight is 281 g/mol. The average Bonchev–Trinajstić information content (AvgIpc) is 3.33. The summed E-state index contributed by atoms with van der Waals surface area (Å²) in [5.41, 5.74) is 2.46. The molecule has 108 valence electrons. The van der Waals surface area contributed by atoms with Gasteiger partial charge in [0.05, 0.1) is 11.9 Å². The summed E-state index contributed by atoms with van der Waals surface area (Å²) in [5, 5.41) is 3.12. The van der Waals surface area contributed by atoms with Gasteiger partial charge in [0.1, 0.15) is 5.69 Å². The largest absolute Gasteiger partial charge is 0.347 e. The van der Waals surface area contributed by atoms with Gasteiger partial charge in [-0.05, 0) is 37.7 Å². The molecule has 1 fully saturated rings. The Morgan fingerprint density at radius 1 is 1.24 bits per heavy atom. The quantitative estimate of drug-likeness (QED) is 0.916. The van der Waals surface area contributed by atoms with Crippen molar-refractivity contribution in [3.63, 3.8) is 0 Å². The molecule has 1 amide bonds. The summed E-state index contributed by atoms with van der Waals surface area (Å²) in [5.74, 6) is 0.461. The number of aromatic nitrogens is 2. The van der Waals surface area contributed by atoms with Gasteiger partial charge >= 0.3 is 0 Å². The molecule has 1 aliphatic carbocycles. The number of hydrogen-bond acceptors (Lipinski definition) is 3. The smallest absolute Gasteiger partial charge is 0.271 e. The van der Waals surface area contributed by atoms with Gasteiger partial charge < -0.3 is 5.32 Å². The van der Waals surface area contributed by atoms with Crippen molar-refractivity contribution in [1.29, 1.82) is 0 Å². The summed E-state index contributed by atoms with van der Waals surface area (Å²) in [6.45, 7) is 1.86. The van der Waals surface area contributed by atoms with Crippen LogP contribution in [0.3, 0.4) is 0 Å². The van der Waals surface area contributed by atoms with Crippen molar-refractivity contribution in [2.24, 2.45) is 5.92 Å². The molecule has 1 aromatic heterocycles. The van der Waals surface area contributed by atoms with Gasteiger partial charge in [0, 0.05) is 12.2 Å². The SMILES string of the molecule is Cc1cnc(C(=O)NC(Cc2ccccc2)C2CC2)cn1. The van der Waals surface area contributed by atoms with Gasteiger partial charge in [-0.1, -0.05) is 30.3 Å². The Morgan fingerprint density at radius 2 is 2.00 bits per heavy atom. The molecule has 1 aliphatic rings. The van der Waals surface area contributed by atoms with Crippen LogP contribution in [0.15, 0.2) is 42.7 Å². The lowest BCUT2D eigenvalue weighted by molar-refractivity contribution is 0.0926. The summed E-state index contributed by atoms with van der Waals surface area (Å²) < 4.78 is 0. The van der Waals surface area contributed by atoms with Crippen LogP contribution in [-0.4, -0.2) is 21.9 Å². The summed E-state index contributed by atoms with van der Waals surface area (Å²) >= 11 is 0. The van der Waals surface area contributed by atoms with Crippen molar-refractivity contribution in [3.8, 4) is 0 Å². The molecule has 0 radical (unpaired) electrons. The van der Waals surface area contributed by atoms with Crippen LogP contribution in [0.2, 0.25) is 0 Å². The standard InChI is InChI=1S/C17H19N3O/c1-12-10-19-16(11-18-12)17(21)20-15(14-7-8-14)9-13-5-3-2-4-6-13/h2-6,10-11,14-15H,7-9H2,1H3,(H,20,21). The van der Waals surface area contributed by atoms with Crippen LogP contribution in [0.5, 0.6) is 0 Å². The minimum absolute atomic E-state index is 0.129. The number of amides is 1. The zero-order valence-corrected chi connectivity index (χ0v) is 12.1. The predicted molar refractivity (Wildman–Crippen MR) is 80.9 cm³/mol. The van der Waals surface area contributed by atoms with Gasteiger partial charge in [-0.3, -0.25) is 9.78 Å². The van der Waals surface area contributed by atoms with E-state index in [1.54, 1.807) is 6.20 Å².